The maximum Gasteiger partial charge on any atom is 0.295 e. The van der Waals surface area contributed by atoms with Gasteiger partial charge in [0.25, 0.3) is 11.1 Å². The fourth-order valence-corrected chi connectivity index (χ4v) is 3.71. The van der Waals surface area contributed by atoms with E-state index in [0.717, 1.165) is 16.7 Å². The number of hydrogen-bond acceptors (Lipinski definition) is 7. The Balaban J connectivity index is 1.80. The van der Waals surface area contributed by atoms with Gasteiger partial charge in [-0.3, -0.25) is 14.5 Å². The van der Waals surface area contributed by atoms with Crippen LogP contribution in [0.5, 0.6) is 17.2 Å². The summed E-state index contributed by atoms with van der Waals surface area (Å²) < 4.78 is 15.8. The van der Waals surface area contributed by atoms with E-state index in [9.17, 15) is 9.59 Å². The molecule has 0 spiro atoms. The Labute approximate surface area is 177 Å². The molecule has 1 aliphatic rings. The van der Waals surface area contributed by atoms with Gasteiger partial charge in [0.15, 0.2) is 0 Å². The van der Waals surface area contributed by atoms with Crippen LogP contribution in [0.1, 0.15) is 5.56 Å². The SMILES string of the molecule is COc1ccc(OC)c(/C=C2/SC(=O)N(CNc3cc(Cl)ccc3OC)C2=O)c1. The van der Waals surface area contributed by atoms with E-state index in [1.54, 1.807) is 49.6 Å². The monoisotopic (exact) mass is 434 g/mol. The summed E-state index contributed by atoms with van der Waals surface area (Å²) in [7, 11) is 4.61. The highest BCUT2D eigenvalue weighted by Gasteiger charge is 2.35. The summed E-state index contributed by atoms with van der Waals surface area (Å²) in [4.78, 5) is 26.6. The second-order valence-electron chi connectivity index (χ2n) is 5.90. The highest BCUT2D eigenvalue weighted by molar-refractivity contribution is 8.18. The second-order valence-corrected chi connectivity index (χ2v) is 7.33. The van der Waals surface area contributed by atoms with Gasteiger partial charge in [-0.2, -0.15) is 0 Å². The molecular formula is C20H19ClN2O5S. The number of thioether (sulfide) groups is 1. The molecule has 1 saturated heterocycles. The first kappa shape index (κ1) is 20.9. The smallest absolute Gasteiger partial charge is 0.295 e. The van der Waals surface area contributed by atoms with Crippen molar-refractivity contribution < 1.29 is 23.8 Å². The van der Waals surface area contributed by atoms with Gasteiger partial charge in [-0.25, -0.2) is 0 Å². The number of methoxy groups -OCH3 is 3. The molecule has 1 heterocycles. The van der Waals surface area contributed by atoms with Gasteiger partial charge in [-0.1, -0.05) is 11.6 Å². The maximum atomic E-state index is 12.8. The van der Waals surface area contributed by atoms with Crippen molar-refractivity contribution in [3.63, 3.8) is 0 Å². The van der Waals surface area contributed by atoms with Crippen LogP contribution in [0.4, 0.5) is 10.5 Å². The molecule has 9 heteroatoms. The molecular weight excluding hydrogens is 416 g/mol. The van der Waals surface area contributed by atoms with Crippen molar-refractivity contribution in [3.8, 4) is 17.2 Å². The zero-order chi connectivity index (χ0) is 21.0. The summed E-state index contributed by atoms with van der Waals surface area (Å²) in [5.41, 5.74) is 1.22. The average Bonchev–Trinajstić information content (AvgIpc) is 2.99. The van der Waals surface area contributed by atoms with Crippen molar-refractivity contribution >= 4 is 46.3 Å². The van der Waals surface area contributed by atoms with Crippen molar-refractivity contribution in [2.45, 2.75) is 0 Å². The van der Waals surface area contributed by atoms with E-state index in [-0.39, 0.29) is 11.9 Å². The molecule has 152 valence electrons. The van der Waals surface area contributed by atoms with Crippen LogP contribution in [-0.4, -0.2) is 44.0 Å². The van der Waals surface area contributed by atoms with Crippen LogP contribution in [0.3, 0.4) is 0 Å². The maximum absolute atomic E-state index is 12.8. The molecule has 7 nitrogen and oxygen atoms in total. The lowest BCUT2D eigenvalue weighted by atomic mass is 10.1. The first-order chi connectivity index (χ1) is 14.0. The number of nitrogens with zero attached hydrogens (tertiary/aromatic N) is 1. The van der Waals surface area contributed by atoms with Crippen molar-refractivity contribution in [3.05, 3.63) is 51.9 Å². The number of anilines is 1. The van der Waals surface area contributed by atoms with Gasteiger partial charge in [0.05, 0.1) is 38.6 Å². The van der Waals surface area contributed by atoms with Gasteiger partial charge >= 0.3 is 0 Å². The van der Waals surface area contributed by atoms with Gasteiger partial charge in [0.1, 0.15) is 17.2 Å². The molecule has 29 heavy (non-hydrogen) atoms. The number of imide groups is 1. The van der Waals surface area contributed by atoms with Crippen LogP contribution in [0.2, 0.25) is 5.02 Å². The van der Waals surface area contributed by atoms with Crippen LogP contribution >= 0.6 is 23.4 Å². The standard InChI is InChI=1S/C20H19ClN2O5S/c1-26-14-5-7-16(27-2)12(8-14)9-18-19(24)23(20(25)29-18)11-22-15-10-13(21)4-6-17(15)28-3/h4-10,22H,11H2,1-3H3/b18-9+. The van der Waals surface area contributed by atoms with Crippen molar-refractivity contribution in [2.24, 2.45) is 0 Å². The summed E-state index contributed by atoms with van der Waals surface area (Å²) in [5.74, 6) is 1.33. The van der Waals surface area contributed by atoms with Gasteiger partial charge in [-0.15, -0.1) is 0 Å². The molecule has 2 amide bonds. The summed E-state index contributed by atoms with van der Waals surface area (Å²) in [6.07, 6.45) is 1.62. The van der Waals surface area contributed by atoms with Gasteiger partial charge in [-0.05, 0) is 54.2 Å². The number of rotatable bonds is 7. The minimum absolute atomic E-state index is 0.0199. The third-order valence-electron chi connectivity index (χ3n) is 4.19. The summed E-state index contributed by atoms with van der Waals surface area (Å²) >= 11 is 6.88. The molecule has 1 N–H and O–H groups in total. The van der Waals surface area contributed by atoms with Crippen LogP contribution in [0, 0.1) is 0 Å². The number of hydrogen-bond donors (Lipinski definition) is 1. The van der Waals surface area contributed by atoms with Gasteiger partial charge < -0.3 is 19.5 Å². The molecule has 0 unspecified atom stereocenters. The average molecular weight is 435 g/mol. The number of nitrogens with one attached hydrogen (secondary N) is 1. The fraction of sp³-hybridized carbons (Fsp3) is 0.200. The van der Waals surface area contributed by atoms with E-state index in [1.165, 1.54) is 14.2 Å². The van der Waals surface area contributed by atoms with E-state index in [1.807, 2.05) is 0 Å². The summed E-state index contributed by atoms with van der Waals surface area (Å²) in [6, 6.07) is 10.3. The minimum Gasteiger partial charge on any atom is -0.497 e. The second kappa shape index (κ2) is 9.11. The number of carbonyl (C=O) groups is 2. The normalized spacial score (nSPS) is 15.0. The zero-order valence-corrected chi connectivity index (χ0v) is 17.6. The molecule has 0 saturated carbocycles. The third-order valence-corrected chi connectivity index (χ3v) is 5.33. The first-order valence-electron chi connectivity index (χ1n) is 8.51. The third kappa shape index (κ3) is 4.60. The highest BCUT2D eigenvalue weighted by Crippen LogP contribution is 2.35. The number of ether oxygens (including phenoxy) is 3. The van der Waals surface area contributed by atoms with Crippen LogP contribution in [0.25, 0.3) is 6.08 Å². The molecule has 1 aliphatic heterocycles. The van der Waals surface area contributed by atoms with E-state index < -0.39 is 5.91 Å². The van der Waals surface area contributed by atoms with Gasteiger partial charge in [0, 0.05) is 10.6 Å². The Hall–Kier alpha value is -2.84. The number of carbonyl (C=O) groups excluding carboxylic acids is 2. The Morgan fingerprint density at radius 3 is 2.45 bits per heavy atom. The largest absolute Gasteiger partial charge is 0.497 e. The van der Waals surface area contributed by atoms with Gasteiger partial charge in [0.2, 0.25) is 0 Å². The van der Waals surface area contributed by atoms with E-state index in [4.69, 9.17) is 25.8 Å². The molecule has 0 aromatic heterocycles. The van der Waals surface area contributed by atoms with Crippen molar-refractivity contribution in [1.82, 2.24) is 4.90 Å². The first-order valence-corrected chi connectivity index (χ1v) is 9.71. The number of halogens is 1. The molecule has 2 aromatic rings. The predicted octanol–water partition coefficient (Wildman–Crippen LogP) is 4.47. The number of amides is 2. The molecule has 2 aromatic carbocycles. The lowest BCUT2D eigenvalue weighted by molar-refractivity contribution is -0.122. The Kier molecular flexibility index (Phi) is 6.56. The molecule has 0 atom stereocenters. The van der Waals surface area contributed by atoms with Crippen LogP contribution in [0.15, 0.2) is 41.3 Å². The lowest BCUT2D eigenvalue weighted by Crippen LogP contribution is -2.33. The van der Waals surface area contributed by atoms with Crippen molar-refractivity contribution in [1.29, 1.82) is 0 Å². The Morgan fingerprint density at radius 2 is 1.76 bits per heavy atom. The fourth-order valence-electron chi connectivity index (χ4n) is 2.71. The molecule has 1 fully saturated rings. The van der Waals surface area contributed by atoms with E-state index in [0.29, 0.717) is 38.4 Å². The molecule has 0 aliphatic carbocycles. The molecule has 3 rings (SSSR count). The van der Waals surface area contributed by atoms with Crippen molar-refractivity contribution in [2.75, 3.05) is 33.3 Å². The quantitative estimate of drug-likeness (QED) is 0.644. The van der Waals surface area contributed by atoms with E-state index >= 15 is 0 Å². The highest BCUT2D eigenvalue weighted by atomic mass is 35.5. The van der Waals surface area contributed by atoms with Crippen LogP contribution in [-0.2, 0) is 4.79 Å². The van der Waals surface area contributed by atoms with Crippen LogP contribution < -0.4 is 19.5 Å². The summed E-state index contributed by atoms with van der Waals surface area (Å²) in [6.45, 7) is -0.0199. The zero-order valence-electron chi connectivity index (χ0n) is 16.0. The van der Waals surface area contributed by atoms with E-state index in [2.05, 4.69) is 5.32 Å². The number of benzene rings is 2. The minimum atomic E-state index is -0.404. The topological polar surface area (TPSA) is 77.1 Å². The molecule has 0 bridgehead atoms. The summed E-state index contributed by atoms with van der Waals surface area (Å²) in [5, 5.41) is 3.15. The molecule has 0 radical (unpaired) electrons. The Morgan fingerprint density at radius 1 is 1.03 bits per heavy atom. The Bertz CT molecular complexity index is 979. The predicted molar refractivity (Wildman–Crippen MR) is 114 cm³/mol. The lowest BCUT2D eigenvalue weighted by Gasteiger charge is -2.16.